The number of hydrogen-bond donors (Lipinski definition) is 1. The molecule has 6 nitrogen and oxygen atoms in total. The molecule has 0 saturated carbocycles. The minimum atomic E-state index is -0.503. The van der Waals surface area contributed by atoms with Crippen molar-refractivity contribution in [1.29, 1.82) is 0 Å². The van der Waals surface area contributed by atoms with Gasteiger partial charge in [0.15, 0.2) is 6.61 Å². The highest BCUT2D eigenvalue weighted by Gasteiger charge is 2.09. The molecule has 0 bridgehead atoms. The fraction of sp³-hybridized carbons (Fsp3) is 0.0455. The van der Waals surface area contributed by atoms with Crippen LogP contribution in [-0.2, 0) is 4.79 Å². The van der Waals surface area contributed by atoms with Crippen molar-refractivity contribution < 1.29 is 19.1 Å². The van der Waals surface area contributed by atoms with E-state index < -0.39 is 11.9 Å². The average Bonchev–Trinajstić information content (AvgIpc) is 2.74. The molecule has 0 atom stereocenters. The number of halogens is 2. The Morgan fingerprint density at radius 1 is 1.03 bits per heavy atom. The van der Waals surface area contributed by atoms with E-state index in [9.17, 15) is 9.59 Å². The van der Waals surface area contributed by atoms with Gasteiger partial charge in [-0.05, 0) is 76.1 Å². The fourth-order valence-electron chi connectivity index (χ4n) is 2.32. The molecule has 0 aromatic heterocycles. The first kappa shape index (κ1) is 21.5. The SMILES string of the molecule is O=C(COc1ccccc1Br)N/N=C\c1ccc(OC(=O)c2cccc(Cl)c2)cc1. The van der Waals surface area contributed by atoms with Gasteiger partial charge in [0, 0.05) is 5.02 Å². The molecule has 1 N–H and O–H groups in total. The lowest BCUT2D eigenvalue weighted by atomic mass is 10.2. The summed E-state index contributed by atoms with van der Waals surface area (Å²) >= 11 is 9.22. The number of carbonyl (C=O) groups is 2. The van der Waals surface area contributed by atoms with Crippen LogP contribution in [0.4, 0.5) is 0 Å². The first-order chi connectivity index (χ1) is 14.5. The highest BCUT2D eigenvalue weighted by atomic mass is 79.9. The molecule has 0 fully saturated rings. The van der Waals surface area contributed by atoms with E-state index in [0.717, 1.165) is 4.47 Å². The smallest absolute Gasteiger partial charge is 0.343 e. The Hall–Kier alpha value is -3.16. The Balaban J connectivity index is 1.48. The van der Waals surface area contributed by atoms with Gasteiger partial charge >= 0.3 is 5.97 Å². The van der Waals surface area contributed by atoms with Crippen LogP contribution in [0, 0.1) is 0 Å². The van der Waals surface area contributed by atoms with Gasteiger partial charge < -0.3 is 9.47 Å². The number of esters is 1. The van der Waals surface area contributed by atoms with E-state index in [1.807, 2.05) is 18.2 Å². The third-order valence-electron chi connectivity index (χ3n) is 3.75. The topological polar surface area (TPSA) is 77.0 Å². The van der Waals surface area contributed by atoms with Crippen LogP contribution in [-0.4, -0.2) is 24.7 Å². The molecule has 0 unspecified atom stereocenters. The summed E-state index contributed by atoms with van der Waals surface area (Å²) in [7, 11) is 0. The van der Waals surface area contributed by atoms with Gasteiger partial charge in [-0.2, -0.15) is 5.10 Å². The van der Waals surface area contributed by atoms with Crippen molar-refractivity contribution in [2.45, 2.75) is 0 Å². The van der Waals surface area contributed by atoms with Crippen molar-refractivity contribution in [3.63, 3.8) is 0 Å². The third kappa shape index (κ3) is 6.43. The lowest BCUT2D eigenvalue weighted by molar-refractivity contribution is -0.123. The van der Waals surface area contributed by atoms with Crippen LogP contribution in [0.2, 0.25) is 5.02 Å². The van der Waals surface area contributed by atoms with Crippen molar-refractivity contribution in [2.24, 2.45) is 5.10 Å². The van der Waals surface area contributed by atoms with Crippen LogP contribution < -0.4 is 14.9 Å². The van der Waals surface area contributed by atoms with Crippen LogP contribution in [0.1, 0.15) is 15.9 Å². The van der Waals surface area contributed by atoms with Gasteiger partial charge in [0.2, 0.25) is 0 Å². The maximum atomic E-state index is 12.1. The number of ether oxygens (including phenoxy) is 2. The molecule has 0 spiro atoms. The van der Waals surface area contributed by atoms with E-state index in [0.29, 0.717) is 27.6 Å². The molecule has 0 heterocycles. The lowest BCUT2D eigenvalue weighted by Gasteiger charge is -2.06. The van der Waals surface area contributed by atoms with E-state index in [-0.39, 0.29) is 6.61 Å². The zero-order chi connectivity index (χ0) is 21.3. The average molecular weight is 488 g/mol. The Bertz CT molecular complexity index is 1070. The Kier molecular flexibility index (Phi) is 7.59. The van der Waals surface area contributed by atoms with Crippen LogP contribution >= 0.6 is 27.5 Å². The van der Waals surface area contributed by atoms with E-state index >= 15 is 0 Å². The van der Waals surface area contributed by atoms with Gasteiger partial charge in [0.05, 0.1) is 16.3 Å². The molecule has 3 aromatic carbocycles. The predicted octanol–water partition coefficient (Wildman–Crippen LogP) is 4.85. The van der Waals surface area contributed by atoms with Crippen molar-refractivity contribution >= 4 is 45.6 Å². The Morgan fingerprint density at radius 3 is 2.53 bits per heavy atom. The molecule has 8 heteroatoms. The van der Waals surface area contributed by atoms with E-state index in [1.54, 1.807) is 48.5 Å². The predicted molar refractivity (Wildman–Crippen MR) is 118 cm³/mol. The van der Waals surface area contributed by atoms with Crippen molar-refractivity contribution in [2.75, 3.05) is 6.61 Å². The second kappa shape index (κ2) is 10.6. The summed E-state index contributed by atoms with van der Waals surface area (Å²) in [5.74, 6) is 0.0489. The summed E-state index contributed by atoms with van der Waals surface area (Å²) in [5, 5.41) is 4.34. The van der Waals surface area contributed by atoms with Gasteiger partial charge in [0.25, 0.3) is 5.91 Å². The highest BCUT2D eigenvalue weighted by Crippen LogP contribution is 2.23. The zero-order valence-electron chi connectivity index (χ0n) is 15.5. The van der Waals surface area contributed by atoms with E-state index in [1.165, 1.54) is 12.3 Å². The minimum Gasteiger partial charge on any atom is -0.483 e. The minimum absolute atomic E-state index is 0.168. The number of hydrogen-bond acceptors (Lipinski definition) is 5. The number of nitrogens with one attached hydrogen (secondary N) is 1. The lowest BCUT2D eigenvalue weighted by Crippen LogP contribution is -2.24. The second-order valence-electron chi connectivity index (χ2n) is 5.98. The maximum Gasteiger partial charge on any atom is 0.343 e. The van der Waals surface area contributed by atoms with Crippen LogP contribution in [0.3, 0.4) is 0 Å². The van der Waals surface area contributed by atoms with E-state index in [4.69, 9.17) is 21.1 Å². The Morgan fingerprint density at radius 2 is 1.80 bits per heavy atom. The van der Waals surface area contributed by atoms with Crippen molar-refractivity contribution in [3.8, 4) is 11.5 Å². The molecule has 0 radical (unpaired) electrons. The molecular weight excluding hydrogens is 472 g/mol. The number of amides is 1. The second-order valence-corrected chi connectivity index (χ2v) is 7.27. The zero-order valence-corrected chi connectivity index (χ0v) is 17.9. The standard InChI is InChI=1S/C22H16BrClN2O4/c23-19-6-1-2-7-20(19)29-14-21(27)26-25-13-15-8-10-18(11-9-15)30-22(28)16-4-3-5-17(24)12-16/h1-13H,14H2,(H,26,27)/b25-13-. The summed E-state index contributed by atoms with van der Waals surface area (Å²) in [5.41, 5.74) is 3.46. The van der Waals surface area contributed by atoms with Crippen molar-refractivity contribution in [3.05, 3.63) is 93.4 Å². The number of hydrazone groups is 1. The number of rotatable bonds is 7. The number of para-hydroxylation sites is 1. The summed E-state index contributed by atoms with van der Waals surface area (Å²) in [6.45, 7) is -0.168. The van der Waals surface area contributed by atoms with Gasteiger partial charge in [0.1, 0.15) is 11.5 Å². The van der Waals surface area contributed by atoms with Gasteiger partial charge in [-0.3, -0.25) is 4.79 Å². The van der Waals surface area contributed by atoms with Gasteiger partial charge in [-0.1, -0.05) is 29.8 Å². The largest absolute Gasteiger partial charge is 0.483 e. The quantitative estimate of drug-likeness (QED) is 0.224. The molecule has 0 aliphatic rings. The first-order valence-corrected chi connectivity index (χ1v) is 9.95. The molecule has 0 aliphatic carbocycles. The molecule has 0 aliphatic heterocycles. The van der Waals surface area contributed by atoms with Crippen LogP contribution in [0.5, 0.6) is 11.5 Å². The normalized spacial score (nSPS) is 10.6. The van der Waals surface area contributed by atoms with E-state index in [2.05, 4.69) is 26.5 Å². The molecule has 30 heavy (non-hydrogen) atoms. The molecule has 1 amide bonds. The van der Waals surface area contributed by atoms with Crippen LogP contribution in [0.25, 0.3) is 0 Å². The molecular formula is C22H16BrClN2O4. The molecule has 3 aromatic rings. The highest BCUT2D eigenvalue weighted by molar-refractivity contribution is 9.10. The molecule has 3 rings (SSSR count). The number of benzene rings is 3. The third-order valence-corrected chi connectivity index (χ3v) is 4.64. The maximum absolute atomic E-state index is 12.1. The number of carbonyl (C=O) groups excluding carboxylic acids is 2. The summed E-state index contributed by atoms with van der Waals surface area (Å²) < 4.78 is 11.5. The fourth-order valence-corrected chi connectivity index (χ4v) is 2.91. The molecule has 0 saturated heterocycles. The summed E-state index contributed by atoms with van der Waals surface area (Å²) in [4.78, 5) is 23.9. The van der Waals surface area contributed by atoms with Crippen molar-refractivity contribution in [1.82, 2.24) is 5.43 Å². The van der Waals surface area contributed by atoms with Gasteiger partial charge in [-0.25, -0.2) is 10.2 Å². The monoisotopic (exact) mass is 486 g/mol. The first-order valence-electron chi connectivity index (χ1n) is 8.78. The van der Waals surface area contributed by atoms with Gasteiger partial charge in [-0.15, -0.1) is 0 Å². The number of nitrogens with zero attached hydrogens (tertiary/aromatic N) is 1. The van der Waals surface area contributed by atoms with Crippen LogP contribution in [0.15, 0.2) is 82.4 Å². The summed E-state index contributed by atoms with van der Waals surface area (Å²) in [6, 6.07) is 20.4. The Labute approximate surface area is 186 Å². The molecule has 152 valence electrons. The summed E-state index contributed by atoms with van der Waals surface area (Å²) in [6.07, 6.45) is 1.47.